The zero-order valence-corrected chi connectivity index (χ0v) is 34.8. The van der Waals surface area contributed by atoms with Crippen molar-refractivity contribution in [2.75, 3.05) is 0 Å². The highest BCUT2D eigenvalue weighted by molar-refractivity contribution is 7.14. The number of aromatic amines is 2. The molecule has 4 aromatic carbocycles. The Hall–Kier alpha value is -6.63. The van der Waals surface area contributed by atoms with Crippen molar-refractivity contribution in [2.45, 2.75) is 0 Å². The summed E-state index contributed by atoms with van der Waals surface area (Å²) in [5.74, 6) is 2.11. The van der Waals surface area contributed by atoms with Crippen molar-refractivity contribution in [3.05, 3.63) is 137 Å². The molecular weight excluding hydrogens is 860 g/mol. The maximum atomic E-state index is 12.1. The van der Waals surface area contributed by atoms with Gasteiger partial charge in [-0.1, -0.05) is 42.5 Å². The quantitative estimate of drug-likeness (QED) is 0.150. The molecule has 0 radical (unpaired) electrons. The van der Waals surface area contributed by atoms with E-state index in [1.54, 1.807) is 45.3 Å². The number of hydrogen-bond acceptors (Lipinski definition) is 11. The Morgan fingerprint density at radius 2 is 0.790 bits per heavy atom. The average molecular weight is 889 g/mol. The molecule has 0 atom stereocenters. The number of nitrogens with zero attached hydrogens (tertiary/aromatic N) is 6. The molecule has 0 unspecified atom stereocenters. The summed E-state index contributed by atoms with van der Waals surface area (Å²) in [4.78, 5) is 42.9. The summed E-state index contributed by atoms with van der Waals surface area (Å²) in [5, 5.41) is 23.4. The first-order valence-corrected chi connectivity index (χ1v) is 22.9. The number of fused-ring (bicyclic) bond motifs is 20. The molecule has 0 aliphatic carbocycles. The van der Waals surface area contributed by atoms with Crippen LogP contribution in [0.2, 0.25) is 0 Å². The third-order valence-corrected chi connectivity index (χ3v) is 14.8. The molecule has 2 aliphatic heterocycles. The molecule has 9 heterocycles. The van der Waals surface area contributed by atoms with Crippen molar-refractivity contribution >= 4 is 107 Å². The van der Waals surface area contributed by atoms with E-state index in [1.165, 1.54) is 0 Å². The topological polar surface area (TPSA) is 129 Å². The maximum absolute atomic E-state index is 12.1. The van der Waals surface area contributed by atoms with Gasteiger partial charge < -0.3 is 15.1 Å². The fraction of sp³-hybridized carbons (Fsp3) is 0. The SMILES string of the molecule is Oc1c(-c2cccs2)ccc2c3nc4nc(nc5[nH]c(nc6nc(nc([nH]3)c12)-c1ccc(-c2cccs2)cc1-6)c1ccc(-c2cccs2)cc51)-c1ccc(-c2cccs2)cc1-4.[AlH3]. The second kappa shape index (κ2) is 14.5. The normalized spacial score (nSPS) is 11.8. The van der Waals surface area contributed by atoms with Gasteiger partial charge in [-0.3, -0.25) is 0 Å². The van der Waals surface area contributed by atoms with E-state index in [-0.39, 0.29) is 23.1 Å². The van der Waals surface area contributed by atoms with Gasteiger partial charge in [0.1, 0.15) is 28.3 Å². The number of aromatic nitrogens is 8. The summed E-state index contributed by atoms with van der Waals surface area (Å²) >= 11 is 6.63. The van der Waals surface area contributed by atoms with Gasteiger partial charge in [-0.25, -0.2) is 29.9 Å². The zero-order chi connectivity index (χ0) is 40.2. The molecule has 0 saturated heterocycles. The summed E-state index contributed by atoms with van der Waals surface area (Å²) in [6.45, 7) is 0. The molecule has 9 nitrogen and oxygen atoms in total. The summed E-state index contributed by atoms with van der Waals surface area (Å²) in [5.41, 5.74) is 9.50. The van der Waals surface area contributed by atoms with Crippen molar-refractivity contribution in [3.63, 3.8) is 0 Å². The molecule has 0 amide bonds. The van der Waals surface area contributed by atoms with Gasteiger partial charge in [-0.15, -0.1) is 45.3 Å². The Morgan fingerprint density at radius 1 is 0.371 bits per heavy atom. The third kappa shape index (κ3) is 5.91. The molecule has 13 rings (SSSR count). The number of H-pyrrole nitrogens is 2. The number of phenols is 1. The molecule has 3 N–H and O–H groups in total. The van der Waals surface area contributed by atoms with Crippen LogP contribution in [-0.2, 0) is 0 Å². The van der Waals surface area contributed by atoms with Gasteiger partial charge in [0.15, 0.2) is 40.7 Å². The molecule has 0 saturated carbocycles. The van der Waals surface area contributed by atoms with E-state index in [4.69, 9.17) is 29.9 Å². The summed E-state index contributed by atoms with van der Waals surface area (Å²) in [6.07, 6.45) is 0. The van der Waals surface area contributed by atoms with Gasteiger partial charge in [-0.05, 0) is 111 Å². The smallest absolute Gasteiger partial charge is 0.187 e. The summed E-state index contributed by atoms with van der Waals surface area (Å²) in [7, 11) is 0. The van der Waals surface area contributed by atoms with Crippen LogP contribution in [0.15, 0.2) is 137 Å². The Labute approximate surface area is 379 Å². The highest BCUT2D eigenvalue weighted by atomic mass is 32.1. The van der Waals surface area contributed by atoms with Gasteiger partial charge >= 0.3 is 0 Å². The lowest BCUT2D eigenvalue weighted by atomic mass is 10.0. The predicted molar refractivity (Wildman–Crippen MR) is 261 cm³/mol. The van der Waals surface area contributed by atoms with Crippen molar-refractivity contribution < 1.29 is 5.11 Å². The van der Waals surface area contributed by atoms with Crippen LogP contribution in [0.3, 0.4) is 0 Å². The van der Waals surface area contributed by atoms with Crippen LogP contribution in [0.1, 0.15) is 0 Å². The second-order valence-electron chi connectivity index (χ2n) is 14.7. The van der Waals surface area contributed by atoms with E-state index in [0.717, 1.165) is 69.2 Å². The minimum Gasteiger partial charge on any atom is -0.506 e. The molecule has 294 valence electrons. The fourth-order valence-corrected chi connectivity index (χ4v) is 11.2. The lowest BCUT2D eigenvalue weighted by molar-refractivity contribution is 0.484. The first-order valence-electron chi connectivity index (χ1n) is 19.4. The average Bonchev–Trinajstić information content (AvgIpc) is 4.14. The first-order chi connectivity index (χ1) is 30.1. The van der Waals surface area contributed by atoms with E-state index in [2.05, 4.69) is 117 Å². The van der Waals surface area contributed by atoms with Crippen LogP contribution in [0.25, 0.3) is 131 Å². The number of phenolic OH excluding ortho intramolecular Hbond substituents is 1. The van der Waals surface area contributed by atoms with E-state index < -0.39 is 0 Å². The van der Waals surface area contributed by atoms with Crippen LogP contribution in [-0.4, -0.2) is 62.3 Å². The summed E-state index contributed by atoms with van der Waals surface area (Å²) in [6, 6.07) is 39.5. The Bertz CT molecular complexity index is 3690. The molecule has 8 bridgehead atoms. The number of aromatic hydroxyl groups is 1. The summed E-state index contributed by atoms with van der Waals surface area (Å²) < 4.78 is 0. The number of thiophene rings is 4. The molecule has 0 fully saturated rings. The fourth-order valence-electron chi connectivity index (χ4n) is 8.29. The van der Waals surface area contributed by atoms with Crippen LogP contribution in [0.5, 0.6) is 5.75 Å². The Balaban J connectivity index is 0.00000410. The zero-order valence-electron chi connectivity index (χ0n) is 31.5. The van der Waals surface area contributed by atoms with Crippen LogP contribution in [0, 0.1) is 0 Å². The van der Waals surface area contributed by atoms with Gasteiger partial charge in [0.25, 0.3) is 0 Å². The molecular formula is C48H29AlN8OS4. The lowest BCUT2D eigenvalue weighted by Gasteiger charge is -2.04. The lowest BCUT2D eigenvalue weighted by Crippen LogP contribution is -1.84. The largest absolute Gasteiger partial charge is 0.506 e. The van der Waals surface area contributed by atoms with Crippen LogP contribution in [0.4, 0.5) is 0 Å². The third-order valence-electron chi connectivity index (χ3n) is 11.2. The van der Waals surface area contributed by atoms with E-state index in [9.17, 15) is 5.11 Å². The molecule has 11 aromatic rings. The van der Waals surface area contributed by atoms with E-state index in [0.29, 0.717) is 62.2 Å². The van der Waals surface area contributed by atoms with Gasteiger partial charge in [0.2, 0.25) is 0 Å². The predicted octanol–water partition coefficient (Wildman–Crippen LogP) is 12.3. The second-order valence-corrected chi connectivity index (χ2v) is 18.5. The Kier molecular flexibility index (Phi) is 8.69. The molecule has 0 spiro atoms. The van der Waals surface area contributed by atoms with Crippen molar-refractivity contribution in [2.24, 2.45) is 0 Å². The first kappa shape index (κ1) is 37.2. The van der Waals surface area contributed by atoms with Crippen molar-refractivity contribution in [1.82, 2.24) is 39.9 Å². The number of hydrogen-bond donors (Lipinski definition) is 3. The number of benzene rings is 4. The number of rotatable bonds is 4. The number of nitrogens with one attached hydrogen (secondary N) is 2. The van der Waals surface area contributed by atoms with Gasteiger partial charge in [-0.2, -0.15) is 0 Å². The standard InChI is InChI=1S/C48H26N8OS4.Al.3H/c57-40-30(38-8-4-20-61-38)15-16-31-39(40)48-55-43-29-14-11-26(37-7-3-19-60-37)23-34(29)46(53-43)51-41-27-12-9-24(35-5-1-17-58-35)21-32(27)45(49-41)50-42-28-13-10-25(36-6-2-18-59-36)22-33(28)47(52-42)54-44(31)56-48;;;;/h1-23,57H,(H2,49,50,51,52,53,54,55,56);;;;. The van der Waals surface area contributed by atoms with Crippen LogP contribution < -0.4 is 0 Å². The minimum absolute atomic E-state index is 0. The van der Waals surface area contributed by atoms with Crippen molar-refractivity contribution in [1.29, 1.82) is 0 Å². The van der Waals surface area contributed by atoms with Gasteiger partial charge in [0, 0.05) is 63.5 Å². The van der Waals surface area contributed by atoms with E-state index >= 15 is 0 Å². The monoisotopic (exact) mass is 888 g/mol. The van der Waals surface area contributed by atoms with Crippen molar-refractivity contribution in [3.8, 4) is 93.1 Å². The maximum Gasteiger partial charge on any atom is 0.187 e. The minimum atomic E-state index is 0. The van der Waals surface area contributed by atoms with E-state index in [1.807, 2.05) is 29.6 Å². The highest BCUT2D eigenvalue weighted by Gasteiger charge is 2.25. The molecule has 2 aliphatic rings. The Morgan fingerprint density at radius 3 is 1.34 bits per heavy atom. The highest BCUT2D eigenvalue weighted by Crippen LogP contribution is 2.44. The molecule has 62 heavy (non-hydrogen) atoms. The van der Waals surface area contributed by atoms with Gasteiger partial charge in [0.05, 0.1) is 5.39 Å². The molecule has 7 aromatic heterocycles. The van der Waals surface area contributed by atoms with Crippen LogP contribution >= 0.6 is 45.3 Å². The molecule has 14 heteroatoms.